The van der Waals surface area contributed by atoms with Crippen LogP contribution in [-0.4, -0.2) is 22.0 Å². The number of ether oxygens (including phenoxy) is 1. The maximum atomic E-state index is 12.8. The van der Waals surface area contributed by atoms with Crippen molar-refractivity contribution in [2.45, 2.75) is 44.9 Å². The van der Waals surface area contributed by atoms with Gasteiger partial charge in [-0.05, 0) is 66.6 Å². The molecule has 1 amide bonds. The van der Waals surface area contributed by atoms with E-state index < -0.39 is 11.9 Å². The molecule has 0 spiro atoms. The van der Waals surface area contributed by atoms with E-state index in [1.54, 1.807) is 18.3 Å². The Morgan fingerprint density at radius 3 is 2.59 bits per heavy atom. The molecule has 0 fully saturated rings. The Bertz CT molecular complexity index is 1130. The number of aromatic nitrogens is 1. The Morgan fingerprint density at radius 2 is 1.81 bits per heavy atom. The summed E-state index contributed by atoms with van der Waals surface area (Å²) in [6.07, 6.45) is 4.67. The first-order valence-electron chi connectivity index (χ1n) is 10.8. The highest BCUT2D eigenvalue weighted by molar-refractivity contribution is 5.92. The first-order chi connectivity index (χ1) is 15.5. The van der Waals surface area contributed by atoms with Gasteiger partial charge in [0.15, 0.2) is 0 Å². The lowest BCUT2D eigenvalue weighted by molar-refractivity contribution is -0.137. The second-order valence-electron chi connectivity index (χ2n) is 8.11. The maximum absolute atomic E-state index is 12.8. The van der Waals surface area contributed by atoms with E-state index >= 15 is 0 Å². The molecule has 0 saturated carbocycles. The number of hydrogen-bond donors (Lipinski definition) is 2. The van der Waals surface area contributed by atoms with Gasteiger partial charge in [0.2, 0.25) is 11.8 Å². The molecule has 0 aliphatic heterocycles. The van der Waals surface area contributed by atoms with Crippen LogP contribution in [0.2, 0.25) is 0 Å². The number of rotatable bonds is 8. The molecule has 32 heavy (non-hydrogen) atoms. The average molecular weight is 431 g/mol. The number of carbonyl (C=O) groups excluding carboxylic acids is 1. The summed E-state index contributed by atoms with van der Waals surface area (Å²) in [4.78, 5) is 28.5. The van der Waals surface area contributed by atoms with Crippen LogP contribution < -0.4 is 10.1 Å². The van der Waals surface area contributed by atoms with Crippen LogP contribution in [0.5, 0.6) is 11.6 Å². The van der Waals surface area contributed by atoms with E-state index in [1.165, 1.54) is 16.7 Å². The van der Waals surface area contributed by atoms with Crippen molar-refractivity contribution in [1.29, 1.82) is 0 Å². The molecule has 4 rings (SSSR count). The fourth-order valence-electron chi connectivity index (χ4n) is 4.29. The molecule has 2 N–H and O–H groups in total. The molecule has 1 atom stereocenters. The lowest BCUT2D eigenvalue weighted by atomic mass is 9.92. The normalized spacial score (nSPS) is 13.3. The minimum absolute atomic E-state index is 0.0462. The molecule has 6 heteroatoms. The van der Waals surface area contributed by atoms with Crippen molar-refractivity contribution in [1.82, 2.24) is 4.98 Å². The third-order valence-corrected chi connectivity index (χ3v) is 5.85. The van der Waals surface area contributed by atoms with Crippen LogP contribution in [0.3, 0.4) is 0 Å². The summed E-state index contributed by atoms with van der Waals surface area (Å²) in [5, 5.41) is 12.2. The van der Waals surface area contributed by atoms with Crippen molar-refractivity contribution in [2.75, 3.05) is 5.32 Å². The highest BCUT2D eigenvalue weighted by Crippen LogP contribution is 2.37. The Hall–Kier alpha value is -3.67. The van der Waals surface area contributed by atoms with Gasteiger partial charge < -0.3 is 15.2 Å². The largest absolute Gasteiger partial charge is 0.481 e. The predicted octanol–water partition coefficient (Wildman–Crippen LogP) is 5.26. The number of carbonyl (C=O) groups is 2. The number of benzene rings is 2. The van der Waals surface area contributed by atoms with Gasteiger partial charge in [0.05, 0.1) is 6.42 Å². The van der Waals surface area contributed by atoms with E-state index in [0.29, 0.717) is 11.6 Å². The van der Waals surface area contributed by atoms with Crippen molar-refractivity contribution in [3.63, 3.8) is 0 Å². The van der Waals surface area contributed by atoms with E-state index in [9.17, 15) is 14.7 Å². The summed E-state index contributed by atoms with van der Waals surface area (Å²) in [6.45, 7) is 2.11. The molecule has 6 nitrogen and oxygen atoms in total. The van der Waals surface area contributed by atoms with E-state index in [-0.39, 0.29) is 18.7 Å². The number of carboxylic acids is 1. The summed E-state index contributed by atoms with van der Waals surface area (Å²) < 4.78 is 6.14. The first kappa shape index (κ1) is 21.6. The fraction of sp³-hybridized carbons (Fsp3) is 0.269. The standard InChI is InChI=1S/C26H26N2O4/c1-17-12-13-23(21-10-5-9-20(17)21)32-26-22(11-6-14-27-26)28-24(29)15-19(16-25(30)31)18-7-3-2-4-8-18/h2-4,6-8,11-14,19H,5,9-10,15-16H2,1H3,(H,28,29)(H,30,31)/t19-/m0/s1. The van der Waals surface area contributed by atoms with Crippen LogP contribution in [0.25, 0.3) is 0 Å². The molecule has 1 heterocycles. The first-order valence-corrected chi connectivity index (χ1v) is 10.8. The zero-order chi connectivity index (χ0) is 22.5. The van der Waals surface area contributed by atoms with Crippen molar-refractivity contribution < 1.29 is 19.4 Å². The molecule has 164 valence electrons. The molecular weight excluding hydrogens is 404 g/mol. The topological polar surface area (TPSA) is 88.5 Å². The van der Waals surface area contributed by atoms with Gasteiger partial charge in [0.1, 0.15) is 11.4 Å². The second-order valence-corrected chi connectivity index (χ2v) is 8.11. The van der Waals surface area contributed by atoms with Crippen LogP contribution in [0.15, 0.2) is 60.8 Å². The molecule has 0 radical (unpaired) electrons. The monoisotopic (exact) mass is 430 g/mol. The van der Waals surface area contributed by atoms with Crippen molar-refractivity contribution in [2.24, 2.45) is 0 Å². The van der Waals surface area contributed by atoms with Crippen molar-refractivity contribution >= 4 is 17.6 Å². The summed E-state index contributed by atoms with van der Waals surface area (Å²) >= 11 is 0. The van der Waals surface area contributed by atoms with Crippen LogP contribution >= 0.6 is 0 Å². The number of nitrogens with one attached hydrogen (secondary N) is 1. The van der Waals surface area contributed by atoms with Crippen LogP contribution in [-0.2, 0) is 22.4 Å². The molecule has 1 aliphatic rings. The van der Waals surface area contributed by atoms with E-state index in [0.717, 1.165) is 30.6 Å². The van der Waals surface area contributed by atoms with Gasteiger partial charge in [-0.1, -0.05) is 36.4 Å². The average Bonchev–Trinajstić information content (AvgIpc) is 3.28. The lowest BCUT2D eigenvalue weighted by Gasteiger charge is -2.17. The third kappa shape index (κ3) is 4.97. The zero-order valence-electron chi connectivity index (χ0n) is 18.0. The van der Waals surface area contributed by atoms with Gasteiger partial charge >= 0.3 is 5.97 Å². The van der Waals surface area contributed by atoms with Gasteiger partial charge in [0.25, 0.3) is 0 Å². The quantitative estimate of drug-likeness (QED) is 0.509. The Balaban J connectivity index is 1.51. The summed E-state index contributed by atoms with van der Waals surface area (Å²) in [5.41, 5.74) is 5.10. The van der Waals surface area contributed by atoms with E-state index in [1.807, 2.05) is 36.4 Å². The Kier molecular flexibility index (Phi) is 6.50. The molecule has 0 saturated heterocycles. The molecule has 1 aromatic heterocycles. The van der Waals surface area contributed by atoms with Crippen molar-refractivity contribution in [3.05, 3.63) is 83.0 Å². The summed E-state index contributed by atoms with van der Waals surface area (Å²) in [7, 11) is 0. The number of anilines is 1. The van der Waals surface area contributed by atoms with Gasteiger partial charge in [-0.25, -0.2) is 4.98 Å². The molecular formula is C26H26N2O4. The van der Waals surface area contributed by atoms with E-state index in [4.69, 9.17) is 4.74 Å². The molecule has 1 aliphatic carbocycles. The fourth-order valence-corrected chi connectivity index (χ4v) is 4.29. The van der Waals surface area contributed by atoms with Crippen molar-refractivity contribution in [3.8, 4) is 11.6 Å². The van der Waals surface area contributed by atoms with Gasteiger partial charge in [-0.3, -0.25) is 9.59 Å². The van der Waals surface area contributed by atoms with Gasteiger partial charge in [0, 0.05) is 18.5 Å². The number of aliphatic carboxylic acids is 1. The molecule has 0 unspecified atom stereocenters. The minimum atomic E-state index is -0.940. The number of fused-ring (bicyclic) bond motifs is 1. The number of amides is 1. The number of carboxylic acid groups (broad SMARTS) is 1. The minimum Gasteiger partial charge on any atom is -0.481 e. The van der Waals surface area contributed by atoms with E-state index in [2.05, 4.69) is 23.3 Å². The smallest absolute Gasteiger partial charge is 0.303 e. The van der Waals surface area contributed by atoms with Crippen LogP contribution in [0.4, 0.5) is 5.69 Å². The highest BCUT2D eigenvalue weighted by Gasteiger charge is 2.22. The SMILES string of the molecule is Cc1ccc(Oc2ncccc2NC(=O)C[C@@H](CC(=O)O)c2ccccc2)c2c1CCC2. The van der Waals surface area contributed by atoms with Crippen LogP contribution in [0, 0.1) is 6.92 Å². The second kappa shape index (κ2) is 9.64. The Labute approximate surface area is 187 Å². The number of nitrogens with zero attached hydrogens (tertiary/aromatic N) is 1. The molecule has 0 bridgehead atoms. The Morgan fingerprint density at radius 1 is 1.03 bits per heavy atom. The summed E-state index contributed by atoms with van der Waals surface area (Å²) in [5.74, 6) is -0.550. The highest BCUT2D eigenvalue weighted by atomic mass is 16.5. The number of pyridine rings is 1. The van der Waals surface area contributed by atoms with Crippen LogP contribution in [0.1, 0.15) is 47.4 Å². The number of aryl methyl sites for hydroxylation is 1. The predicted molar refractivity (Wildman–Crippen MR) is 122 cm³/mol. The lowest BCUT2D eigenvalue weighted by Crippen LogP contribution is -2.18. The summed E-state index contributed by atoms with van der Waals surface area (Å²) in [6, 6.07) is 16.7. The number of hydrogen-bond acceptors (Lipinski definition) is 4. The molecule has 2 aromatic carbocycles. The van der Waals surface area contributed by atoms with Gasteiger partial charge in [-0.2, -0.15) is 0 Å². The molecule has 3 aromatic rings. The zero-order valence-corrected chi connectivity index (χ0v) is 18.0. The maximum Gasteiger partial charge on any atom is 0.303 e. The third-order valence-electron chi connectivity index (χ3n) is 5.85. The van der Waals surface area contributed by atoms with Gasteiger partial charge in [-0.15, -0.1) is 0 Å².